The van der Waals surface area contributed by atoms with Crippen LogP contribution in [-0.2, 0) is 4.79 Å². The molecule has 2 rings (SSSR count). The number of carbonyl (C=O) groups is 1. The first kappa shape index (κ1) is 12.9. The van der Waals surface area contributed by atoms with Crippen LogP contribution < -0.4 is 5.32 Å². The first-order chi connectivity index (χ1) is 8.81. The Labute approximate surface area is 109 Å². The molecule has 1 unspecified atom stereocenters. The van der Waals surface area contributed by atoms with Gasteiger partial charge in [-0.25, -0.2) is 0 Å². The monoisotopic (exact) mass is 246 g/mol. The van der Waals surface area contributed by atoms with Gasteiger partial charge >= 0.3 is 0 Å². The number of hydrogen-bond acceptors (Lipinski definition) is 2. The van der Waals surface area contributed by atoms with Crippen LogP contribution in [-0.4, -0.2) is 29.9 Å². The fraction of sp³-hybridized carbons (Fsp3) is 0.533. The Morgan fingerprint density at radius 3 is 2.50 bits per heavy atom. The van der Waals surface area contributed by atoms with Gasteiger partial charge in [-0.3, -0.25) is 4.79 Å². The molecule has 1 heterocycles. The van der Waals surface area contributed by atoms with Crippen molar-refractivity contribution in [2.24, 2.45) is 0 Å². The minimum absolute atomic E-state index is 0.0921. The van der Waals surface area contributed by atoms with Crippen LogP contribution in [0.1, 0.15) is 32.6 Å². The largest absolute Gasteiger partial charge is 0.374 e. The minimum atomic E-state index is -0.0921. The summed E-state index contributed by atoms with van der Waals surface area (Å²) >= 11 is 0. The van der Waals surface area contributed by atoms with E-state index in [0.717, 1.165) is 38.0 Å². The van der Waals surface area contributed by atoms with Gasteiger partial charge in [-0.2, -0.15) is 0 Å². The zero-order valence-electron chi connectivity index (χ0n) is 11.1. The lowest BCUT2D eigenvalue weighted by atomic mass is 10.1. The molecular weight excluding hydrogens is 224 g/mol. The van der Waals surface area contributed by atoms with E-state index in [-0.39, 0.29) is 11.9 Å². The third-order valence-corrected chi connectivity index (χ3v) is 3.49. The second-order valence-electron chi connectivity index (χ2n) is 4.86. The molecule has 18 heavy (non-hydrogen) atoms. The normalized spacial score (nSPS) is 17.3. The molecule has 0 bridgehead atoms. The molecule has 1 saturated heterocycles. The van der Waals surface area contributed by atoms with E-state index in [1.807, 2.05) is 35.2 Å². The van der Waals surface area contributed by atoms with E-state index in [2.05, 4.69) is 12.2 Å². The SMILES string of the molecule is CCC(Nc1ccccc1)C(=O)N1CCCCC1. The summed E-state index contributed by atoms with van der Waals surface area (Å²) < 4.78 is 0. The molecule has 1 fully saturated rings. The lowest BCUT2D eigenvalue weighted by molar-refractivity contribution is -0.132. The van der Waals surface area contributed by atoms with Crippen molar-refractivity contribution < 1.29 is 4.79 Å². The molecule has 0 aliphatic carbocycles. The third kappa shape index (κ3) is 3.25. The van der Waals surface area contributed by atoms with Gasteiger partial charge in [0.2, 0.25) is 5.91 Å². The van der Waals surface area contributed by atoms with Gasteiger partial charge in [-0.05, 0) is 37.8 Å². The Kier molecular flexibility index (Phi) is 4.62. The fourth-order valence-electron chi connectivity index (χ4n) is 2.41. The van der Waals surface area contributed by atoms with Crippen LogP contribution in [0.2, 0.25) is 0 Å². The summed E-state index contributed by atoms with van der Waals surface area (Å²) in [6.45, 7) is 3.90. The number of anilines is 1. The van der Waals surface area contributed by atoms with Crippen molar-refractivity contribution in [3.8, 4) is 0 Å². The Hall–Kier alpha value is -1.51. The second kappa shape index (κ2) is 6.43. The van der Waals surface area contributed by atoms with Gasteiger partial charge in [0.1, 0.15) is 6.04 Å². The molecule has 0 radical (unpaired) electrons. The molecule has 1 aromatic rings. The number of hydrogen-bond donors (Lipinski definition) is 1. The molecule has 98 valence electrons. The number of benzene rings is 1. The van der Waals surface area contributed by atoms with Crippen molar-refractivity contribution in [3.63, 3.8) is 0 Å². The van der Waals surface area contributed by atoms with Gasteiger partial charge in [0, 0.05) is 18.8 Å². The fourth-order valence-corrected chi connectivity index (χ4v) is 2.41. The van der Waals surface area contributed by atoms with E-state index < -0.39 is 0 Å². The number of rotatable bonds is 4. The highest BCUT2D eigenvalue weighted by Gasteiger charge is 2.23. The van der Waals surface area contributed by atoms with E-state index >= 15 is 0 Å². The number of piperidine rings is 1. The molecule has 0 saturated carbocycles. The van der Waals surface area contributed by atoms with Gasteiger partial charge in [-0.15, -0.1) is 0 Å². The van der Waals surface area contributed by atoms with Gasteiger partial charge < -0.3 is 10.2 Å². The Morgan fingerprint density at radius 1 is 1.22 bits per heavy atom. The van der Waals surface area contributed by atoms with E-state index in [1.165, 1.54) is 6.42 Å². The van der Waals surface area contributed by atoms with Crippen LogP contribution in [0.4, 0.5) is 5.69 Å². The standard InChI is InChI=1S/C15H22N2O/c1-2-14(16-13-9-5-3-6-10-13)15(18)17-11-7-4-8-12-17/h3,5-6,9-10,14,16H,2,4,7-8,11-12H2,1H3. The predicted molar refractivity (Wildman–Crippen MR) is 74.6 cm³/mol. The predicted octanol–water partition coefficient (Wildman–Crippen LogP) is 2.89. The summed E-state index contributed by atoms with van der Waals surface area (Å²) in [6.07, 6.45) is 4.37. The van der Waals surface area contributed by atoms with E-state index in [0.29, 0.717) is 0 Å². The van der Waals surface area contributed by atoms with Gasteiger partial charge in [0.05, 0.1) is 0 Å². The number of para-hydroxylation sites is 1. The summed E-state index contributed by atoms with van der Waals surface area (Å²) in [5, 5.41) is 3.33. The summed E-state index contributed by atoms with van der Waals surface area (Å²) in [5.74, 6) is 0.251. The molecule has 0 spiro atoms. The summed E-state index contributed by atoms with van der Waals surface area (Å²) in [6, 6.07) is 9.88. The topological polar surface area (TPSA) is 32.3 Å². The first-order valence-corrected chi connectivity index (χ1v) is 6.91. The summed E-state index contributed by atoms with van der Waals surface area (Å²) in [4.78, 5) is 14.4. The van der Waals surface area contributed by atoms with Crippen LogP contribution >= 0.6 is 0 Å². The molecular formula is C15H22N2O. The average Bonchev–Trinajstić information content (AvgIpc) is 2.46. The smallest absolute Gasteiger partial charge is 0.245 e. The molecule has 3 nitrogen and oxygen atoms in total. The quantitative estimate of drug-likeness (QED) is 0.886. The van der Waals surface area contributed by atoms with Gasteiger partial charge in [-0.1, -0.05) is 25.1 Å². The van der Waals surface area contributed by atoms with Crippen LogP contribution in [0.5, 0.6) is 0 Å². The first-order valence-electron chi connectivity index (χ1n) is 6.91. The Bertz CT molecular complexity index is 371. The zero-order chi connectivity index (χ0) is 12.8. The highest BCUT2D eigenvalue weighted by Crippen LogP contribution is 2.14. The maximum Gasteiger partial charge on any atom is 0.245 e. The highest BCUT2D eigenvalue weighted by molar-refractivity contribution is 5.84. The van der Waals surface area contributed by atoms with Crippen molar-refractivity contribution >= 4 is 11.6 Å². The van der Waals surface area contributed by atoms with E-state index in [1.54, 1.807) is 0 Å². The summed E-state index contributed by atoms with van der Waals surface area (Å²) in [7, 11) is 0. The summed E-state index contributed by atoms with van der Waals surface area (Å²) in [5.41, 5.74) is 1.02. The molecule has 1 aliphatic heterocycles. The number of likely N-dealkylation sites (tertiary alicyclic amines) is 1. The molecule has 1 aliphatic rings. The maximum atomic E-state index is 12.4. The number of amides is 1. The Morgan fingerprint density at radius 2 is 1.89 bits per heavy atom. The van der Waals surface area contributed by atoms with Crippen LogP contribution in [0.15, 0.2) is 30.3 Å². The molecule has 0 aromatic heterocycles. The molecule has 1 atom stereocenters. The van der Waals surface area contributed by atoms with E-state index in [9.17, 15) is 4.79 Å². The van der Waals surface area contributed by atoms with Crippen LogP contribution in [0.3, 0.4) is 0 Å². The highest BCUT2D eigenvalue weighted by atomic mass is 16.2. The van der Waals surface area contributed by atoms with Crippen molar-refractivity contribution in [1.29, 1.82) is 0 Å². The van der Waals surface area contributed by atoms with Crippen LogP contribution in [0.25, 0.3) is 0 Å². The van der Waals surface area contributed by atoms with Crippen molar-refractivity contribution in [3.05, 3.63) is 30.3 Å². The van der Waals surface area contributed by atoms with Crippen molar-refractivity contribution in [2.75, 3.05) is 18.4 Å². The Balaban J connectivity index is 1.97. The molecule has 1 aromatic carbocycles. The molecule has 1 amide bonds. The van der Waals surface area contributed by atoms with Crippen molar-refractivity contribution in [1.82, 2.24) is 4.90 Å². The zero-order valence-corrected chi connectivity index (χ0v) is 11.1. The second-order valence-corrected chi connectivity index (χ2v) is 4.86. The maximum absolute atomic E-state index is 12.4. The number of carbonyl (C=O) groups excluding carboxylic acids is 1. The molecule has 1 N–H and O–H groups in total. The van der Waals surface area contributed by atoms with Gasteiger partial charge in [0.25, 0.3) is 0 Å². The number of nitrogens with zero attached hydrogens (tertiary/aromatic N) is 1. The van der Waals surface area contributed by atoms with Crippen LogP contribution in [0, 0.1) is 0 Å². The average molecular weight is 246 g/mol. The minimum Gasteiger partial charge on any atom is -0.374 e. The van der Waals surface area contributed by atoms with Gasteiger partial charge in [0.15, 0.2) is 0 Å². The number of nitrogens with one attached hydrogen (secondary N) is 1. The van der Waals surface area contributed by atoms with Crippen molar-refractivity contribution in [2.45, 2.75) is 38.6 Å². The molecule has 3 heteroatoms. The lowest BCUT2D eigenvalue weighted by Crippen LogP contribution is -2.45. The lowest BCUT2D eigenvalue weighted by Gasteiger charge is -2.30. The van der Waals surface area contributed by atoms with E-state index in [4.69, 9.17) is 0 Å². The third-order valence-electron chi connectivity index (χ3n) is 3.49.